The number of fused-ring (bicyclic) bond motifs is 3. The van der Waals surface area contributed by atoms with Crippen LogP contribution in [0.25, 0.3) is 21.9 Å². The Hall–Kier alpha value is -3.54. The Labute approximate surface area is 238 Å². The van der Waals surface area contributed by atoms with Crippen LogP contribution in [0.5, 0.6) is 5.75 Å². The van der Waals surface area contributed by atoms with E-state index in [1.807, 2.05) is 25.1 Å². The lowest BCUT2D eigenvalue weighted by Gasteiger charge is -2.30. The number of anilines is 1. The van der Waals surface area contributed by atoms with Gasteiger partial charge in [0.1, 0.15) is 36.3 Å². The van der Waals surface area contributed by atoms with Crippen molar-refractivity contribution in [2.45, 2.75) is 59.1 Å². The number of pyridine rings is 1. The van der Waals surface area contributed by atoms with Gasteiger partial charge in [0.15, 0.2) is 11.5 Å². The van der Waals surface area contributed by atoms with Crippen molar-refractivity contribution in [2.75, 3.05) is 18.9 Å². The summed E-state index contributed by atoms with van der Waals surface area (Å²) >= 11 is 0. The SMILES string of the molecule is CCOCc1nc2c(N)nc3ccccc3c2n1C(C)(O)CO[P@@](=O)(N[C@@H](C)C(=O)OC(C)C)Oc1ccccc1. The van der Waals surface area contributed by atoms with Crippen molar-refractivity contribution in [1.82, 2.24) is 19.6 Å². The highest BCUT2D eigenvalue weighted by Crippen LogP contribution is 2.46. The number of hydrogen-bond donors (Lipinski definition) is 3. The molecule has 2 aromatic carbocycles. The Balaban J connectivity index is 1.73. The van der Waals surface area contributed by atoms with Crippen LogP contribution in [-0.4, -0.2) is 51.0 Å². The number of benzene rings is 2. The Kier molecular flexibility index (Phi) is 9.31. The molecule has 0 amide bonds. The van der Waals surface area contributed by atoms with Crippen LogP contribution in [0, 0.1) is 0 Å². The number of nitrogens with zero attached hydrogens (tertiary/aromatic N) is 3. The number of para-hydroxylation sites is 2. The van der Waals surface area contributed by atoms with Crippen LogP contribution in [0.3, 0.4) is 0 Å². The van der Waals surface area contributed by atoms with Crippen LogP contribution in [0.15, 0.2) is 54.6 Å². The molecule has 0 aliphatic heterocycles. The van der Waals surface area contributed by atoms with E-state index in [9.17, 15) is 14.5 Å². The molecule has 0 spiro atoms. The van der Waals surface area contributed by atoms with E-state index in [0.29, 0.717) is 34.4 Å². The van der Waals surface area contributed by atoms with Crippen LogP contribution < -0.4 is 15.3 Å². The number of nitrogens with one attached hydrogen (secondary N) is 1. The van der Waals surface area contributed by atoms with Gasteiger partial charge in [0.2, 0.25) is 0 Å². The fourth-order valence-corrected chi connectivity index (χ4v) is 5.84. The van der Waals surface area contributed by atoms with Gasteiger partial charge in [-0.25, -0.2) is 14.5 Å². The summed E-state index contributed by atoms with van der Waals surface area (Å²) in [5.41, 5.74) is 5.93. The standard InChI is InChI=1S/C28H36N5O7P/c1-6-37-16-23-31-24-25(21-14-10-11-15-22(21)30-26(24)29)33(23)28(5,35)17-38-41(36,40-20-12-8-7-9-13-20)32-19(4)27(34)39-18(2)3/h7-15,18-19,35H,6,16-17H2,1-5H3,(H2,29,30)(H,32,36)/t19-,28?,41-/m0/s1. The lowest BCUT2D eigenvalue weighted by molar-refractivity contribution is -0.149. The van der Waals surface area contributed by atoms with Gasteiger partial charge in [-0.05, 0) is 52.8 Å². The first-order valence-electron chi connectivity index (χ1n) is 13.3. The Morgan fingerprint density at radius 1 is 1.12 bits per heavy atom. The monoisotopic (exact) mass is 585 g/mol. The molecular weight excluding hydrogens is 549 g/mol. The van der Waals surface area contributed by atoms with Crippen LogP contribution in [0.2, 0.25) is 0 Å². The summed E-state index contributed by atoms with van der Waals surface area (Å²) in [5.74, 6) is 0.147. The molecule has 13 heteroatoms. The molecule has 0 radical (unpaired) electrons. The van der Waals surface area contributed by atoms with Crippen LogP contribution in [0.1, 0.15) is 40.4 Å². The molecular formula is C28H36N5O7P. The zero-order valence-corrected chi connectivity index (χ0v) is 24.6. The van der Waals surface area contributed by atoms with Crippen molar-refractivity contribution in [3.8, 4) is 5.75 Å². The number of carbonyl (C=O) groups is 1. The summed E-state index contributed by atoms with van der Waals surface area (Å²) in [6.45, 7) is 8.16. The highest BCUT2D eigenvalue weighted by Gasteiger charge is 2.38. The fourth-order valence-electron chi connectivity index (χ4n) is 4.26. The van der Waals surface area contributed by atoms with Crippen molar-refractivity contribution >= 4 is 41.5 Å². The minimum atomic E-state index is -4.26. The largest absolute Gasteiger partial charge is 0.462 e. The Morgan fingerprint density at radius 3 is 2.49 bits per heavy atom. The second-order valence-corrected chi connectivity index (χ2v) is 11.6. The first-order chi connectivity index (χ1) is 19.4. The number of aromatic nitrogens is 3. The molecule has 0 saturated heterocycles. The molecule has 4 N–H and O–H groups in total. The van der Waals surface area contributed by atoms with E-state index in [-0.39, 0.29) is 24.3 Å². The van der Waals surface area contributed by atoms with Gasteiger partial charge in [0.25, 0.3) is 0 Å². The maximum Gasteiger partial charge on any atom is 0.459 e. The average Bonchev–Trinajstić information content (AvgIpc) is 3.32. The van der Waals surface area contributed by atoms with Crippen molar-refractivity contribution in [3.63, 3.8) is 0 Å². The van der Waals surface area contributed by atoms with Crippen LogP contribution in [-0.2, 0) is 35.7 Å². The van der Waals surface area contributed by atoms with E-state index in [1.54, 1.807) is 54.8 Å². The highest BCUT2D eigenvalue weighted by atomic mass is 31.2. The second-order valence-electron chi connectivity index (χ2n) is 9.94. The minimum absolute atomic E-state index is 0.0591. The molecule has 0 aliphatic carbocycles. The van der Waals surface area contributed by atoms with E-state index >= 15 is 0 Å². The molecule has 1 unspecified atom stereocenters. The molecule has 0 fully saturated rings. The van der Waals surface area contributed by atoms with E-state index in [4.69, 9.17) is 24.3 Å². The number of aliphatic hydroxyl groups is 1. The maximum atomic E-state index is 14.0. The molecule has 3 atom stereocenters. The molecule has 0 bridgehead atoms. The first-order valence-corrected chi connectivity index (χ1v) is 14.8. The van der Waals surface area contributed by atoms with Gasteiger partial charge < -0.3 is 24.8 Å². The fraction of sp³-hybridized carbons (Fsp3) is 0.393. The predicted molar refractivity (Wildman–Crippen MR) is 155 cm³/mol. The zero-order chi connectivity index (χ0) is 29.8. The van der Waals surface area contributed by atoms with Gasteiger partial charge >= 0.3 is 13.7 Å². The predicted octanol–water partition coefficient (Wildman–Crippen LogP) is 4.50. The molecule has 0 aliphatic rings. The van der Waals surface area contributed by atoms with Gasteiger partial charge in [0, 0.05) is 12.0 Å². The minimum Gasteiger partial charge on any atom is -0.462 e. The lowest BCUT2D eigenvalue weighted by Crippen LogP contribution is -2.40. The lowest BCUT2D eigenvalue weighted by atomic mass is 10.1. The van der Waals surface area contributed by atoms with E-state index in [1.165, 1.54) is 13.8 Å². The van der Waals surface area contributed by atoms with Gasteiger partial charge in [-0.1, -0.05) is 36.4 Å². The number of esters is 1. The second kappa shape index (κ2) is 12.5. The molecule has 4 rings (SSSR count). The molecule has 4 aromatic rings. The number of hydrogen-bond acceptors (Lipinski definition) is 10. The van der Waals surface area contributed by atoms with E-state index < -0.39 is 32.1 Å². The van der Waals surface area contributed by atoms with Gasteiger partial charge in [-0.2, -0.15) is 5.09 Å². The topological polar surface area (TPSA) is 160 Å². The molecule has 0 saturated carbocycles. The van der Waals surface area contributed by atoms with Gasteiger partial charge in [-0.3, -0.25) is 13.9 Å². The summed E-state index contributed by atoms with van der Waals surface area (Å²) < 4.78 is 38.0. The number of rotatable bonds is 13. The molecule has 220 valence electrons. The van der Waals surface area contributed by atoms with E-state index in [0.717, 1.165) is 0 Å². The number of ether oxygens (including phenoxy) is 2. The normalized spacial score (nSPS) is 15.5. The summed E-state index contributed by atoms with van der Waals surface area (Å²) in [7, 11) is -4.26. The molecule has 12 nitrogen and oxygen atoms in total. The number of nitrogen functional groups attached to an aromatic ring is 1. The highest BCUT2D eigenvalue weighted by molar-refractivity contribution is 7.52. The van der Waals surface area contributed by atoms with Crippen molar-refractivity contribution in [1.29, 1.82) is 0 Å². The third-order valence-electron chi connectivity index (χ3n) is 6.04. The molecule has 2 heterocycles. The maximum absolute atomic E-state index is 14.0. The molecule has 2 aromatic heterocycles. The third kappa shape index (κ3) is 7.03. The number of nitrogens with two attached hydrogens (primary N) is 1. The Bertz CT molecular complexity index is 1560. The summed E-state index contributed by atoms with van der Waals surface area (Å²) in [6.07, 6.45) is -0.377. The summed E-state index contributed by atoms with van der Waals surface area (Å²) in [5, 5.41) is 15.2. The van der Waals surface area contributed by atoms with Crippen molar-refractivity contribution in [2.24, 2.45) is 0 Å². The van der Waals surface area contributed by atoms with Crippen LogP contribution >= 0.6 is 7.75 Å². The third-order valence-corrected chi connectivity index (χ3v) is 7.66. The van der Waals surface area contributed by atoms with Crippen molar-refractivity contribution < 1.29 is 33.0 Å². The number of imidazole rings is 1. The van der Waals surface area contributed by atoms with Crippen molar-refractivity contribution in [3.05, 3.63) is 60.4 Å². The zero-order valence-electron chi connectivity index (χ0n) is 23.7. The average molecular weight is 586 g/mol. The van der Waals surface area contributed by atoms with Crippen LogP contribution in [0.4, 0.5) is 5.82 Å². The first kappa shape index (κ1) is 30.4. The number of carbonyl (C=O) groups excluding carboxylic acids is 1. The summed E-state index contributed by atoms with van der Waals surface area (Å²) in [4.78, 5) is 21.6. The van der Waals surface area contributed by atoms with Gasteiger partial charge in [0.05, 0.1) is 17.1 Å². The summed E-state index contributed by atoms with van der Waals surface area (Å²) in [6, 6.07) is 14.6. The molecule has 41 heavy (non-hydrogen) atoms. The Morgan fingerprint density at radius 2 is 1.80 bits per heavy atom. The smallest absolute Gasteiger partial charge is 0.459 e. The van der Waals surface area contributed by atoms with E-state index in [2.05, 4.69) is 15.1 Å². The van der Waals surface area contributed by atoms with Gasteiger partial charge in [-0.15, -0.1) is 0 Å². The quantitative estimate of drug-likeness (QED) is 0.150.